The number of rotatable bonds is 3. The molecule has 3 rings (SSSR count). The van der Waals surface area contributed by atoms with E-state index in [9.17, 15) is 31.5 Å². The number of nitrogens with one attached hydrogen (secondary N) is 2. The molecule has 0 spiro atoms. The highest BCUT2D eigenvalue weighted by Crippen LogP contribution is 2.36. The molecule has 2 aromatic rings. The lowest BCUT2D eigenvalue weighted by Crippen LogP contribution is -2.53. The van der Waals surface area contributed by atoms with Crippen LogP contribution in [0.15, 0.2) is 24.4 Å². The zero-order chi connectivity index (χ0) is 22.9. The second-order valence-electron chi connectivity index (χ2n) is 6.52. The summed E-state index contributed by atoms with van der Waals surface area (Å²) in [6, 6.07) is 0.448. The Morgan fingerprint density at radius 1 is 1.26 bits per heavy atom. The number of halogens is 7. The fourth-order valence-electron chi connectivity index (χ4n) is 2.95. The highest BCUT2D eigenvalue weighted by molar-refractivity contribution is 6.31. The smallest absolute Gasteiger partial charge is 0.353 e. The van der Waals surface area contributed by atoms with Crippen LogP contribution < -0.4 is 10.6 Å². The Balaban J connectivity index is 2.03. The number of alkyl halides is 3. The summed E-state index contributed by atoms with van der Waals surface area (Å²) in [7, 11) is 0. The first kappa shape index (κ1) is 23.0. The van der Waals surface area contributed by atoms with E-state index in [2.05, 4.69) is 15.6 Å². The standard InChI is InChI=1S/C18H13Cl2F5N4O2/c19-10-5-8(6-27-16(10)18(23,24)25)15(9-1-2-11(21)13(20)14(9)22)28-17(31)29-4-3-26-12(30)7-29/h1-2,5-6,15H,3-4,7H2,(H,26,30)(H,28,31). The van der Waals surface area contributed by atoms with Gasteiger partial charge in [0.25, 0.3) is 0 Å². The summed E-state index contributed by atoms with van der Waals surface area (Å²) in [5.74, 6) is -2.71. The summed E-state index contributed by atoms with van der Waals surface area (Å²) in [4.78, 5) is 28.6. The minimum atomic E-state index is -4.83. The Morgan fingerprint density at radius 3 is 2.58 bits per heavy atom. The first-order valence-electron chi connectivity index (χ1n) is 8.67. The van der Waals surface area contributed by atoms with Crippen molar-refractivity contribution in [1.82, 2.24) is 20.5 Å². The number of aromatic nitrogens is 1. The molecule has 6 nitrogen and oxygen atoms in total. The van der Waals surface area contributed by atoms with Gasteiger partial charge in [-0.15, -0.1) is 0 Å². The van der Waals surface area contributed by atoms with Crippen LogP contribution in [-0.4, -0.2) is 41.5 Å². The average Bonchev–Trinajstić information content (AvgIpc) is 2.69. The second kappa shape index (κ2) is 8.83. The third kappa shape index (κ3) is 4.99. The summed E-state index contributed by atoms with van der Waals surface area (Å²) in [6.07, 6.45) is -4.07. The van der Waals surface area contributed by atoms with Gasteiger partial charge in [-0.25, -0.2) is 18.6 Å². The van der Waals surface area contributed by atoms with Crippen LogP contribution in [0.3, 0.4) is 0 Å². The van der Waals surface area contributed by atoms with Gasteiger partial charge >= 0.3 is 12.2 Å². The van der Waals surface area contributed by atoms with Crippen LogP contribution >= 0.6 is 23.2 Å². The van der Waals surface area contributed by atoms with Gasteiger partial charge in [-0.2, -0.15) is 13.2 Å². The summed E-state index contributed by atoms with van der Waals surface area (Å²) in [5.41, 5.74) is -1.82. The van der Waals surface area contributed by atoms with E-state index in [0.29, 0.717) is 0 Å². The molecule has 1 aliphatic rings. The zero-order valence-electron chi connectivity index (χ0n) is 15.4. The number of nitrogens with zero attached hydrogens (tertiary/aromatic N) is 2. The summed E-state index contributed by atoms with van der Waals surface area (Å²) < 4.78 is 67.2. The average molecular weight is 483 g/mol. The van der Waals surface area contributed by atoms with Gasteiger partial charge in [0.05, 0.1) is 11.1 Å². The van der Waals surface area contributed by atoms with Gasteiger partial charge in [-0.1, -0.05) is 29.3 Å². The molecule has 166 valence electrons. The van der Waals surface area contributed by atoms with Crippen molar-refractivity contribution in [3.8, 4) is 0 Å². The molecule has 3 amide bonds. The normalized spacial score (nSPS) is 15.5. The lowest BCUT2D eigenvalue weighted by atomic mass is 9.99. The molecule has 1 aliphatic heterocycles. The topological polar surface area (TPSA) is 74.3 Å². The molecule has 31 heavy (non-hydrogen) atoms. The van der Waals surface area contributed by atoms with Crippen molar-refractivity contribution in [3.63, 3.8) is 0 Å². The maximum atomic E-state index is 14.7. The molecule has 2 heterocycles. The molecule has 1 saturated heterocycles. The van der Waals surface area contributed by atoms with E-state index in [1.165, 1.54) is 0 Å². The van der Waals surface area contributed by atoms with E-state index in [-0.39, 0.29) is 30.8 Å². The van der Waals surface area contributed by atoms with Crippen LogP contribution in [0.4, 0.5) is 26.7 Å². The van der Waals surface area contributed by atoms with Crippen molar-refractivity contribution < 1.29 is 31.5 Å². The number of carbonyl (C=O) groups excluding carboxylic acids is 2. The largest absolute Gasteiger partial charge is 0.434 e. The van der Waals surface area contributed by atoms with Crippen LogP contribution in [0.25, 0.3) is 0 Å². The highest BCUT2D eigenvalue weighted by Gasteiger charge is 2.36. The molecule has 2 N–H and O–H groups in total. The minimum absolute atomic E-state index is 0.116. The van der Waals surface area contributed by atoms with Gasteiger partial charge in [0, 0.05) is 24.8 Å². The molecule has 0 aliphatic carbocycles. The fourth-order valence-corrected chi connectivity index (χ4v) is 3.40. The molecule has 1 aromatic heterocycles. The van der Waals surface area contributed by atoms with Crippen molar-refractivity contribution in [3.05, 3.63) is 62.9 Å². The summed E-state index contributed by atoms with van der Waals surface area (Å²) in [5, 5.41) is 3.30. The van der Waals surface area contributed by atoms with Gasteiger partial charge in [-0.05, 0) is 17.7 Å². The molecule has 1 unspecified atom stereocenters. The van der Waals surface area contributed by atoms with Gasteiger partial charge in [0.2, 0.25) is 5.91 Å². The fraction of sp³-hybridized carbons (Fsp3) is 0.278. The van der Waals surface area contributed by atoms with Crippen LogP contribution in [0.5, 0.6) is 0 Å². The van der Waals surface area contributed by atoms with E-state index in [4.69, 9.17) is 23.2 Å². The van der Waals surface area contributed by atoms with E-state index in [0.717, 1.165) is 29.3 Å². The maximum absolute atomic E-state index is 14.7. The molecule has 0 radical (unpaired) electrons. The molecule has 13 heteroatoms. The maximum Gasteiger partial charge on any atom is 0.434 e. The van der Waals surface area contributed by atoms with Crippen molar-refractivity contribution >= 4 is 35.1 Å². The first-order valence-corrected chi connectivity index (χ1v) is 9.42. The molecule has 0 bridgehead atoms. The third-order valence-corrected chi connectivity index (χ3v) is 5.07. The lowest BCUT2D eigenvalue weighted by molar-refractivity contribution is -0.141. The molecular weight excluding hydrogens is 470 g/mol. The van der Waals surface area contributed by atoms with Gasteiger partial charge in [-0.3, -0.25) is 4.79 Å². The SMILES string of the molecule is O=C1CN(C(=O)NC(c2cnc(C(F)(F)F)c(Cl)c2)c2ccc(F)c(Cl)c2F)CCN1. The number of piperazine rings is 1. The van der Waals surface area contributed by atoms with Gasteiger partial charge < -0.3 is 15.5 Å². The van der Waals surface area contributed by atoms with E-state index in [1.807, 2.05) is 0 Å². The van der Waals surface area contributed by atoms with Crippen molar-refractivity contribution in [1.29, 1.82) is 0 Å². The minimum Gasteiger partial charge on any atom is -0.353 e. The number of benzene rings is 1. The predicted octanol–water partition coefficient (Wildman–Crippen LogP) is 3.92. The van der Waals surface area contributed by atoms with Gasteiger partial charge in [0.1, 0.15) is 23.2 Å². The Hall–Kier alpha value is -2.66. The van der Waals surface area contributed by atoms with E-state index in [1.54, 1.807) is 0 Å². The predicted molar refractivity (Wildman–Crippen MR) is 101 cm³/mol. The van der Waals surface area contributed by atoms with Crippen LogP contribution in [0, 0.1) is 11.6 Å². The van der Waals surface area contributed by atoms with E-state index < -0.39 is 51.5 Å². The number of carbonyl (C=O) groups is 2. The number of pyridine rings is 1. The molecule has 1 fully saturated rings. The van der Waals surface area contributed by atoms with E-state index >= 15 is 0 Å². The molecular formula is C18H13Cl2F5N4O2. The van der Waals surface area contributed by atoms with Crippen LogP contribution in [-0.2, 0) is 11.0 Å². The Bertz CT molecular complexity index is 1030. The summed E-state index contributed by atoms with van der Waals surface area (Å²) in [6.45, 7) is 0.0432. The van der Waals surface area contributed by atoms with Crippen molar-refractivity contribution in [2.75, 3.05) is 19.6 Å². The summed E-state index contributed by atoms with van der Waals surface area (Å²) >= 11 is 11.3. The zero-order valence-corrected chi connectivity index (χ0v) is 16.9. The monoisotopic (exact) mass is 482 g/mol. The molecule has 0 saturated carbocycles. The van der Waals surface area contributed by atoms with Crippen LogP contribution in [0.1, 0.15) is 22.9 Å². The quantitative estimate of drug-likeness (QED) is 0.514. The Labute approximate surface area is 182 Å². The third-order valence-electron chi connectivity index (χ3n) is 4.43. The lowest BCUT2D eigenvalue weighted by Gasteiger charge is -2.29. The number of urea groups is 1. The first-order chi connectivity index (χ1) is 14.5. The van der Waals surface area contributed by atoms with Crippen molar-refractivity contribution in [2.45, 2.75) is 12.2 Å². The number of hydrogen-bond donors (Lipinski definition) is 2. The van der Waals surface area contributed by atoms with Crippen LogP contribution in [0.2, 0.25) is 10.0 Å². The molecule has 1 aromatic carbocycles. The number of amides is 3. The Morgan fingerprint density at radius 2 is 1.97 bits per heavy atom. The van der Waals surface area contributed by atoms with Gasteiger partial charge in [0.15, 0.2) is 5.69 Å². The highest BCUT2D eigenvalue weighted by atomic mass is 35.5. The van der Waals surface area contributed by atoms with Crippen molar-refractivity contribution in [2.24, 2.45) is 0 Å². The second-order valence-corrected chi connectivity index (χ2v) is 7.30. The number of hydrogen-bond acceptors (Lipinski definition) is 3. The Kier molecular flexibility index (Phi) is 6.56. The molecule has 1 atom stereocenters.